The zero-order valence-electron chi connectivity index (χ0n) is 17.4. The lowest BCUT2D eigenvalue weighted by molar-refractivity contribution is 0.0584. The van der Waals surface area contributed by atoms with Gasteiger partial charge in [0.1, 0.15) is 5.76 Å². The number of hydrogen-bond acceptors (Lipinski definition) is 6. The van der Waals surface area contributed by atoms with Crippen molar-refractivity contribution in [1.82, 2.24) is 19.5 Å². The first-order valence-electron chi connectivity index (χ1n) is 10.8. The Bertz CT molecular complexity index is 989. The highest BCUT2D eigenvalue weighted by molar-refractivity contribution is 5.92. The van der Waals surface area contributed by atoms with Crippen LogP contribution < -0.4 is 5.56 Å². The summed E-state index contributed by atoms with van der Waals surface area (Å²) in [5.41, 5.74) is 2.39. The molecule has 5 heterocycles. The van der Waals surface area contributed by atoms with Gasteiger partial charge < -0.3 is 18.7 Å². The third-order valence-corrected chi connectivity index (χ3v) is 6.53. The van der Waals surface area contributed by atoms with Crippen molar-refractivity contribution in [2.45, 2.75) is 38.8 Å². The fourth-order valence-electron chi connectivity index (χ4n) is 5.10. The first-order valence-corrected chi connectivity index (χ1v) is 10.8. The summed E-state index contributed by atoms with van der Waals surface area (Å²) in [6.45, 7) is 7.75. The normalized spacial score (nSPS) is 24.4. The van der Waals surface area contributed by atoms with E-state index in [0.717, 1.165) is 50.4 Å². The summed E-state index contributed by atoms with van der Waals surface area (Å²) in [6.07, 6.45) is 2.02. The van der Waals surface area contributed by atoms with Gasteiger partial charge in [-0.2, -0.15) is 0 Å². The molecule has 2 saturated heterocycles. The number of ether oxygens (including phenoxy) is 1. The van der Waals surface area contributed by atoms with Crippen LogP contribution in [0.2, 0.25) is 0 Å². The Morgan fingerprint density at radius 2 is 2.10 bits per heavy atom. The number of aryl methyl sites for hydroxylation is 1. The maximum atomic E-state index is 13.2. The monoisotopic (exact) mass is 412 g/mol. The molecule has 0 N–H and O–H groups in total. The smallest absolute Gasteiger partial charge is 0.276 e. The first kappa shape index (κ1) is 19.5. The Labute approximate surface area is 175 Å². The van der Waals surface area contributed by atoms with Gasteiger partial charge in [-0.05, 0) is 31.7 Å². The van der Waals surface area contributed by atoms with Crippen molar-refractivity contribution in [3.63, 3.8) is 0 Å². The van der Waals surface area contributed by atoms with Crippen LogP contribution in [0, 0.1) is 12.8 Å². The molecule has 2 bridgehead atoms. The molecule has 2 aromatic heterocycles. The van der Waals surface area contributed by atoms with Crippen LogP contribution in [0.4, 0.5) is 0 Å². The minimum absolute atomic E-state index is 0.0858. The zero-order valence-corrected chi connectivity index (χ0v) is 17.4. The number of carbonyl (C=O) groups is 1. The molecule has 160 valence electrons. The van der Waals surface area contributed by atoms with Crippen LogP contribution in [0.1, 0.15) is 46.3 Å². The lowest BCUT2D eigenvalue weighted by Gasteiger charge is -2.42. The molecule has 1 amide bonds. The molecule has 0 saturated carbocycles. The molecule has 2 atom stereocenters. The predicted octanol–water partition coefficient (Wildman–Crippen LogP) is 1.63. The molecule has 0 spiro atoms. The van der Waals surface area contributed by atoms with Gasteiger partial charge in [-0.1, -0.05) is 11.2 Å². The fourth-order valence-corrected chi connectivity index (χ4v) is 5.10. The SMILES string of the molecule is Cc1cc(C(=O)N2C[C@@H]3C[C@H](C2)c2ccc(CN4CCCOCC4)c(=O)n2C3)no1. The Morgan fingerprint density at radius 1 is 1.20 bits per heavy atom. The van der Waals surface area contributed by atoms with E-state index < -0.39 is 0 Å². The van der Waals surface area contributed by atoms with Crippen LogP contribution in [-0.2, 0) is 17.8 Å². The summed E-state index contributed by atoms with van der Waals surface area (Å²) in [6, 6.07) is 5.77. The Morgan fingerprint density at radius 3 is 2.93 bits per heavy atom. The number of nitrogens with zero attached hydrogens (tertiary/aromatic N) is 4. The maximum Gasteiger partial charge on any atom is 0.276 e. The van der Waals surface area contributed by atoms with E-state index in [-0.39, 0.29) is 23.3 Å². The minimum Gasteiger partial charge on any atom is -0.380 e. The van der Waals surface area contributed by atoms with Crippen LogP contribution in [-0.4, -0.2) is 64.8 Å². The maximum absolute atomic E-state index is 13.2. The molecule has 8 nitrogen and oxygen atoms in total. The quantitative estimate of drug-likeness (QED) is 0.762. The highest BCUT2D eigenvalue weighted by Crippen LogP contribution is 2.35. The van der Waals surface area contributed by atoms with Gasteiger partial charge in [0, 0.05) is 69.1 Å². The Hall–Kier alpha value is -2.45. The summed E-state index contributed by atoms with van der Waals surface area (Å²) in [5, 5.41) is 3.88. The summed E-state index contributed by atoms with van der Waals surface area (Å²) in [5.74, 6) is 1.02. The molecule has 30 heavy (non-hydrogen) atoms. The highest BCUT2D eigenvalue weighted by atomic mass is 16.5. The van der Waals surface area contributed by atoms with E-state index in [4.69, 9.17) is 9.26 Å². The van der Waals surface area contributed by atoms with Crippen molar-refractivity contribution in [1.29, 1.82) is 0 Å². The number of hydrogen-bond donors (Lipinski definition) is 0. The van der Waals surface area contributed by atoms with Crippen molar-refractivity contribution < 1.29 is 14.1 Å². The van der Waals surface area contributed by atoms with Crippen molar-refractivity contribution in [2.75, 3.05) is 39.4 Å². The summed E-state index contributed by atoms with van der Waals surface area (Å²) < 4.78 is 12.6. The van der Waals surface area contributed by atoms with Crippen molar-refractivity contribution in [3.8, 4) is 0 Å². The van der Waals surface area contributed by atoms with E-state index >= 15 is 0 Å². The molecule has 8 heteroatoms. The number of carbonyl (C=O) groups excluding carboxylic acids is 1. The van der Waals surface area contributed by atoms with Crippen LogP contribution in [0.5, 0.6) is 0 Å². The summed E-state index contributed by atoms with van der Waals surface area (Å²) in [7, 11) is 0. The topological polar surface area (TPSA) is 80.8 Å². The van der Waals surface area contributed by atoms with Gasteiger partial charge in [0.05, 0.1) is 6.61 Å². The minimum atomic E-state index is -0.0858. The molecule has 0 aliphatic carbocycles. The molecule has 0 aromatic carbocycles. The van der Waals surface area contributed by atoms with Gasteiger partial charge in [-0.15, -0.1) is 0 Å². The third-order valence-electron chi connectivity index (χ3n) is 6.53. The van der Waals surface area contributed by atoms with E-state index in [9.17, 15) is 9.59 Å². The molecule has 2 fully saturated rings. The van der Waals surface area contributed by atoms with Crippen molar-refractivity contribution in [3.05, 3.63) is 51.3 Å². The molecular formula is C22H28N4O4. The summed E-state index contributed by atoms with van der Waals surface area (Å²) >= 11 is 0. The van der Waals surface area contributed by atoms with E-state index in [2.05, 4.69) is 16.1 Å². The average Bonchev–Trinajstić information content (AvgIpc) is 3.01. The van der Waals surface area contributed by atoms with E-state index in [0.29, 0.717) is 37.6 Å². The molecule has 5 rings (SSSR count). The average molecular weight is 412 g/mol. The third kappa shape index (κ3) is 3.70. The van der Waals surface area contributed by atoms with Crippen molar-refractivity contribution in [2.24, 2.45) is 5.92 Å². The Balaban J connectivity index is 1.36. The number of rotatable bonds is 3. The molecule has 0 unspecified atom stereocenters. The predicted molar refractivity (Wildman–Crippen MR) is 109 cm³/mol. The standard InChI is InChI=1S/C22H28N4O4/c1-15-9-19(23-30-15)22(28)25-11-16-10-18(14-25)20-4-3-17(21(27)26(20)12-16)13-24-5-2-7-29-8-6-24/h3-4,9,16,18H,2,5-8,10-14H2,1H3/t16-,18+/m0/s1. The fraction of sp³-hybridized carbons (Fsp3) is 0.591. The van der Waals surface area contributed by atoms with Crippen LogP contribution >= 0.6 is 0 Å². The van der Waals surface area contributed by atoms with Crippen LogP contribution in [0.25, 0.3) is 0 Å². The summed E-state index contributed by atoms with van der Waals surface area (Å²) in [4.78, 5) is 30.3. The van der Waals surface area contributed by atoms with Gasteiger partial charge >= 0.3 is 0 Å². The second-order valence-corrected chi connectivity index (χ2v) is 8.77. The Kier molecular flexibility index (Phi) is 5.20. The first-order chi connectivity index (χ1) is 14.6. The number of pyridine rings is 1. The molecule has 2 aromatic rings. The highest BCUT2D eigenvalue weighted by Gasteiger charge is 2.37. The van der Waals surface area contributed by atoms with Gasteiger partial charge in [0.2, 0.25) is 0 Å². The van der Waals surface area contributed by atoms with E-state index in [1.807, 2.05) is 15.5 Å². The molecule has 0 radical (unpaired) electrons. The molecule has 3 aliphatic heterocycles. The number of amides is 1. The van der Waals surface area contributed by atoms with E-state index in [1.165, 1.54) is 0 Å². The number of piperidine rings is 1. The van der Waals surface area contributed by atoms with Gasteiger partial charge in [-0.25, -0.2) is 0 Å². The van der Waals surface area contributed by atoms with Crippen molar-refractivity contribution >= 4 is 5.91 Å². The van der Waals surface area contributed by atoms with Gasteiger partial charge in [0.15, 0.2) is 5.69 Å². The molecule has 3 aliphatic rings. The number of fused-ring (bicyclic) bond motifs is 4. The van der Waals surface area contributed by atoms with Gasteiger partial charge in [0.25, 0.3) is 11.5 Å². The number of likely N-dealkylation sites (tertiary alicyclic amines) is 1. The second-order valence-electron chi connectivity index (χ2n) is 8.77. The van der Waals surface area contributed by atoms with Crippen LogP contribution in [0.15, 0.2) is 27.5 Å². The van der Waals surface area contributed by atoms with Crippen LogP contribution in [0.3, 0.4) is 0 Å². The lowest BCUT2D eigenvalue weighted by Crippen LogP contribution is -2.49. The largest absolute Gasteiger partial charge is 0.380 e. The number of aromatic nitrogens is 2. The molecular weight excluding hydrogens is 384 g/mol. The second kappa shape index (κ2) is 8.00. The zero-order chi connectivity index (χ0) is 20.7. The van der Waals surface area contributed by atoms with Gasteiger partial charge in [-0.3, -0.25) is 14.5 Å². The van der Waals surface area contributed by atoms with E-state index in [1.54, 1.807) is 13.0 Å². The lowest BCUT2D eigenvalue weighted by atomic mass is 9.83.